The monoisotopic (exact) mass is 200 g/mol. The number of allylic oxidation sites excluding steroid dienone is 2. The van der Waals surface area contributed by atoms with Crippen molar-refractivity contribution in [3.8, 4) is 0 Å². The van der Waals surface area contributed by atoms with Crippen molar-refractivity contribution in [3.05, 3.63) is 11.8 Å². The lowest BCUT2D eigenvalue weighted by molar-refractivity contribution is -0.111. The van der Waals surface area contributed by atoms with E-state index in [1.54, 1.807) is 6.08 Å². The summed E-state index contributed by atoms with van der Waals surface area (Å²) in [7, 11) is 0. The highest BCUT2D eigenvalue weighted by molar-refractivity contribution is 5.69. The van der Waals surface area contributed by atoms with Crippen LogP contribution in [0.3, 0.4) is 0 Å². The first-order valence-corrected chi connectivity index (χ1v) is 5.21. The minimum absolute atomic E-state index is 0.175. The first kappa shape index (κ1) is 13.2. The predicted molar refractivity (Wildman–Crippen MR) is 55.9 cm³/mol. The molecule has 82 valence electrons. The largest absolute Gasteiger partial charge is 0.464 e. The fourth-order valence-electron chi connectivity index (χ4n) is 0.843. The summed E-state index contributed by atoms with van der Waals surface area (Å²) in [6.45, 7) is 5.02. The van der Waals surface area contributed by atoms with Crippen LogP contribution in [0.5, 0.6) is 0 Å². The molecule has 0 aliphatic heterocycles. The van der Waals surface area contributed by atoms with Crippen molar-refractivity contribution in [3.63, 3.8) is 0 Å². The van der Waals surface area contributed by atoms with E-state index >= 15 is 0 Å². The third-order valence-electron chi connectivity index (χ3n) is 1.70. The maximum absolute atomic E-state index is 10.5. The second-order valence-electron chi connectivity index (χ2n) is 3.04. The lowest BCUT2D eigenvalue weighted by Crippen LogP contribution is -2.02. The molecule has 0 fully saturated rings. The molecule has 0 atom stereocenters. The van der Waals surface area contributed by atoms with Crippen LogP contribution in [0.15, 0.2) is 11.8 Å². The Labute approximate surface area is 86.1 Å². The molecule has 0 saturated heterocycles. The first-order valence-electron chi connectivity index (χ1n) is 5.21. The zero-order chi connectivity index (χ0) is 10.6. The fraction of sp³-hybridized carbons (Fsp3) is 0.727. The molecule has 0 rings (SSSR count). The second kappa shape index (κ2) is 10.3. The highest BCUT2D eigenvalue weighted by Crippen LogP contribution is 1.99. The van der Waals surface area contributed by atoms with Gasteiger partial charge in [-0.25, -0.2) is 0 Å². The Morgan fingerprint density at radius 2 is 2.07 bits per heavy atom. The third-order valence-corrected chi connectivity index (χ3v) is 1.70. The average molecular weight is 200 g/mol. The lowest BCUT2D eigenvalue weighted by Gasteiger charge is -2.05. The van der Waals surface area contributed by atoms with Crippen molar-refractivity contribution >= 4 is 6.29 Å². The van der Waals surface area contributed by atoms with E-state index in [1.165, 1.54) is 0 Å². The number of hydrogen-bond acceptors (Lipinski definition) is 3. The number of carbonyl (C=O) groups excluding carboxylic acids is 1. The zero-order valence-electron chi connectivity index (χ0n) is 9.12. The van der Waals surface area contributed by atoms with E-state index in [0.717, 1.165) is 32.0 Å². The van der Waals surface area contributed by atoms with Crippen LogP contribution in [0.1, 0.15) is 39.5 Å². The number of unbranched alkanes of at least 4 members (excludes halogenated alkanes) is 2. The van der Waals surface area contributed by atoms with E-state index in [0.29, 0.717) is 12.4 Å². The van der Waals surface area contributed by atoms with Gasteiger partial charge in [-0.1, -0.05) is 26.7 Å². The maximum atomic E-state index is 10.5. The van der Waals surface area contributed by atoms with Crippen molar-refractivity contribution in [2.45, 2.75) is 39.5 Å². The van der Waals surface area contributed by atoms with Crippen molar-refractivity contribution in [2.24, 2.45) is 0 Å². The first-order chi connectivity index (χ1) is 6.85. The fourth-order valence-corrected chi connectivity index (χ4v) is 0.843. The standard InChI is InChI=1S/C11H20O3/c1-3-5-7-11(9-12)14-10-13-8-6-4-2/h7,9H,3-6,8,10H2,1-2H3. The third kappa shape index (κ3) is 7.80. The van der Waals surface area contributed by atoms with Gasteiger partial charge in [-0.2, -0.15) is 0 Å². The highest BCUT2D eigenvalue weighted by atomic mass is 16.7. The molecular weight excluding hydrogens is 180 g/mol. The molecule has 0 saturated carbocycles. The Bertz CT molecular complexity index is 164. The molecule has 0 unspecified atom stereocenters. The van der Waals surface area contributed by atoms with Gasteiger partial charge in [0.05, 0.1) is 6.61 Å². The number of carbonyl (C=O) groups is 1. The second-order valence-corrected chi connectivity index (χ2v) is 3.04. The Morgan fingerprint density at radius 3 is 2.64 bits per heavy atom. The van der Waals surface area contributed by atoms with Crippen molar-refractivity contribution < 1.29 is 14.3 Å². The molecule has 0 amide bonds. The molecule has 3 heteroatoms. The van der Waals surface area contributed by atoms with Gasteiger partial charge in [0.1, 0.15) is 0 Å². The van der Waals surface area contributed by atoms with Gasteiger partial charge >= 0.3 is 0 Å². The molecule has 0 heterocycles. The zero-order valence-corrected chi connectivity index (χ0v) is 9.12. The normalized spacial score (nSPS) is 11.4. The number of hydrogen-bond donors (Lipinski definition) is 0. The van der Waals surface area contributed by atoms with E-state index in [1.807, 2.05) is 0 Å². The quantitative estimate of drug-likeness (QED) is 0.189. The van der Waals surface area contributed by atoms with Crippen LogP contribution in [-0.4, -0.2) is 19.7 Å². The van der Waals surface area contributed by atoms with Crippen molar-refractivity contribution in [2.75, 3.05) is 13.4 Å². The highest BCUT2D eigenvalue weighted by Gasteiger charge is 1.94. The maximum Gasteiger partial charge on any atom is 0.189 e. The van der Waals surface area contributed by atoms with Crippen LogP contribution in [0.4, 0.5) is 0 Å². The Morgan fingerprint density at radius 1 is 1.29 bits per heavy atom. The van der Waals surface area contributed by atoms with Crippen LogP contribution in [-0.2, 0) is 14.3 Å². The summed E-state index contributed by atoms with van der Waals surface area (Å²) >= 11 is 0. The van der Waals surface area contributed by atoms with E-state index in [4.69, 9.17) is 9.47 Å². The summed E-state index contributed by atoms with van der Waals surface area (Å²) in [5.41, 5.74) is 0. The molecule has 0 aliphatic carbocycles. The summed E-state index contributed by atoms with van der Waals surface area (Å²) in [5, 5.41) is 0. The SMILES string of the molecule is CCCC=C(C=O)OCOCCCC. The number of rotatable bonds is 9. The Kier molecular flexibility index (Phi) is 9.64. The van der Waals surface area contributed by atoms with Gasteiger partial charge in [0.2, 0.25) is 0 Å². The molecule has 0 N–H and O–H groups in total. The van der Waals surface area contributed by atoms with E-state index < -0.39 is 0 Å². The van der Waals surface area contributed by atoms with Crippen LogP contribution in [0.25, 0.3) is 0 Å². The Balaban J connectivity index is 3.47. The molecular formula is C11H20O3. The molecule has 14 heavy (non-hydrogen) atoms. The molecule has 0 aromatic rings. The van der Waals surface area contributed by atoms with Crippen molar-refractivity contribution in [1.29, 1.82) is 0 Å². The van der Waals surface area contributed by atoms with Gasteiger partial charge in [-0.05, 0) is 18.9 Å². The van der Waals surface area contributed by atoms with Gasteiger partial charge in [-0.3, -0.25) is 4.79 Å². The summed E-state index contributed by atoms with van der Waals surface area (Å²) < 4.78 is 10.3. The summed E-state index contributed by atoms with van der Waals surface area (Å²) in [6, 6.07) is 0. The van der Waals surface area contributed by atoms with Gasteiger partial charge in [0.15, 0.2) is 18.8 Å². The van der Waals surface area contributed by atoms with E-state index in [9.17, 15) is 4.79 Å². The minimum atomic E-state index is 0.175. The van der Waals surface area contributed by atoms with Crippen LogP contribution < -0.4 is 0 Å². The average Bonchev–Trinajstić information content (AvgIpc) is 2.22. The molecule has 0 bridgehead atoms. The molecule has 3 nitrogen and oxygen atoms in total. The lowest BCUT2D eigenvalue weighted by atomic mass is 10.3. The van der Waals surface area contributed by atoms with E-state index in [-0.39, 0.29) is 6.79 Å². The van der Waals surface area contributed by atoms with E-state index in [2.05, 4.69) is 13.8 Å². The van der Waals surface area contributed by atoms with Gasteiger partial charge in [0, 0.05) is 0 Å². The van der Waals surface area contributed by atoms with Crippen molar-refractivity contribution in [1.82, 2.24) is 0 Å². The van der Waals surface area contributed by atoms with Gasteiger partial charge in [-0.15, -0.1) is 0 Å². The summed E-state index contributed by atoms with van der Waals surface area (Å²) in [5.74, 6) is 0.378. The Hall–Kier alpha value is -0.830. The molecule has 0 aromatic carbocycles. The van der Waals surface area contributed by atoms with Crippen LogP contribution >= 0.6 is 0 Å². The predicted octanol–water partition coefficient (Wildman–Crippen LogP) is 2.66. The minimum Gasteiger partial charge on any atom is -0.464 e. The summed E-state index contributed by atoms with van der Waals surface area (Å²) in [4.78, 5) is 10.5. The molecule has 0 aromatic heterocycles. The van der Waals surface area contributed by atoms with Gasteiger partial charge in [0.25, 0.3) is 0 Å². The molecule has 0 aliphatic rings. The van der Waals surface area contributed by atoms with Crippen LogP contribution in [0.2, 0.25) is 0 Å². The number of aldehydes is 1. The summed E-state index contributed by atoms with van der Waals surface area (Å²) in [6.07, 6.45) is 6.51. The van der Waals surface area contributed by atoms with Gasteiger partial charge < -0.3 is 9.47 Å². The molecule has 0 spiro atoms. The topological polar surface area (TPSA) is 35.5 Å². The van der Waals surface area contributed by atoms with Crippen LogP contribution in [0, 0.1) is 0 Å². The number of ether oxygens (including phenoxy) is 2. The molecule has 0 radical (unpaired) electrons. The smallest absolute Gasteiger partial charge is 0.189 e.